The molecule has 0 unspecified atom stereocenters. The van der Waals surface area contributed by atoms with E-state index in [0.29, 0.717) is 29.3 Å². The van der Waals surface area contributed by atoms with E-state index in [1.54, 1.807) is 6.07 Å². The van der Waals surface area contributed by atoms with Crippen LogP contribution in [0, 0.1) is 23.7 Å². The first-order valence-electron chi connectivity index (χ1n) is 8.44. The van der Waals surface area contributed by atoms with E-state index in [0.717, 1.165) is 16.4 Å². The zero-order valence-electron chi connectivity index (χ0n) is 12.7. The molecule has 4 aliphatic carbocycles. The van der Waals surface area contributed by atoms with Crippen LogP contribution >= 0.6 is 0 Å². The molecule has 2 heterocycles. The fourth-order valence-corrected chi connectivity index (χ4v) is 5.35. The second-order valence-electron chi connectivity index (χ2n) is 7.45. The number of anilines is 1. The Bertz CT molecular complexity index is 715. The monoisotopic (exact) mass is 319 g/mol. The van der Waals surface area contributed by atoms with Gasteiger partial charge in [0.15, 0.2) is 5.65 Å². The predicted octanol–water partition coefficient (Wildman–Crippen LogP) is 3.30. The third kappa shape index (κ3) is 2.12. The molecule has 23 heavy (non-hydrogen) atoms. The molecular weight excluding hydrogens is 300 g/mol. The molecule has 0 spiro atoms. The molecule has 0 aromatic carbocycles. The van der Waals surface area contributed by atoms with Crippen molar-refractivity contribution in [2.24, 2.45) is 23.7 Å². The van der Waals surface area contributed by atoms with Crippen LogP contribution in [0.5, 0.6) is 0 Å². The highest BCUT2D eigenvalue weighted by Gasteiger charge is 2.48. The van der Waals surface area contributed by atoms with Crippen LogP contribution in [-0.2, 0) is 0 Å². The number of nitrogens with one attached hydrogen (secondary N) is 1. The highest BCUT2D eigenvalue weighted by Crippen LogP contribution is 2.54. The van der Waals surface area contributed by atoms with Gasteiger partial charge in [0.1, 0.15) is 5.82 Å². The normalized spacial score (nSPS) is 35.3. The van der Waals surface area contributed by atoms with Crippen molar-refractivity contribution < 1.29 is 8.78 Å². The SMILES string of the molecule is FC(F)c1nnc2ccc(NC3C4CC5CC(C4)CC3C5)nn12. The van der Waals surface area contributed by atoms with Gasteiger partial charge in [-0.15, -0.1) is 15.3 Å². The van der Waals surface area contributed by atoms with Crippen molar-refractivity contribution in [1.29, 1.82) is 0 Å². The fourth-order valence-electron chi connectivity index (χ4n) is 5.35. The zero-order valence-corrected chi connectivity index (χ0v) is 12.7. The molecule has 2 aromatic rings. The Kier molecular flexibility index (Phi) is 2.87. The van der Waals surface area contributed by atoms with Crippen LogP contribution in [0.2, 0.25) is 0 Å². The Morgan fingerprint density at radius 1 is 1.00 bits per heavy atom. The summed E-state index contributed by atoms with van der Waals surface area (Å²) in [5, 5.41) is 15.1. The largest absolute Gasteiger partial charge is 0.365 e. The number of halogens is 2. The van der Waals surface area contributed by atoms with Gasteiger partial charge in [0.25, 0.3) is 6.43 Å². The summed E-state index contributed by atoms with van der Waals surface area (Å²) < 4.78 is 27.1. The number of rotatable bonds is 3. The van der Waals surface area contributed by atoms with Crippen molar-refractivity contribution in [1.82, 2.24) is 19.8 Å². The van der Waals surface area contributed by atoms with Gasteiger partial charge in [-0.1, -0.05) is 0 Å². The van der Waals surface area contributed by atoms with Gasteiger partial charge in [0.2, 0.25) is 5.82 Å². The number of alkyl halides is 2. The van der Waals surface area contributed by atoms with Crippen LogP contribution in [0.25, 0.3) is 5.65 Å². The molecule has 0 radical (unpaired) electrons. The Morgan fingerprint density at radius 2 is 1.70 bits per heavy atom. The van der Waals surface area contributed by atoms with E-state index < -0.39 is 12.2 Å². The van der Waals surface area contributed by atoms with Crippen molar-refractivity contribution in [3.05, 3.63) is 18.0 Å². The molecule has 0 saturated heterocycles. The molecular formula is C16H19F2N5. The first kappa shape index (κ1) is 13.6. The van der Waals surface area contributed by atoms with Crippen LogP contribution < -0.4 is 5.32 Å². The summed E-state index contributed by atoms with van der Waals surface area (Å²) >= 11 is 0. The third-order valence-electron chi connectivity index (χ3n) is 6.02. The van der Waals surface area contributed by atoms with E-state index in [4.69, 9.17) is 0 Å². The summed E-state index contributed by atoms with van der Waals surface area (Å²) in [6.07, 6.45) is 3.98. The number of aromatic nitrogens is 4. The second-order valence-corrected chi connectivity index (χ2v) is 7.45. The van der Waals surface area contributed by atoms with Crippen molar-refractivity contribution >= 4 is 11.5 Å². The molecule has 122 valence electrons. The van der Waals surface area contributed by atoms with Gasteiger partial charge >= 0.3 is 0 Å². The van der Waals surface area contributed by atoms with E-state index >= 15 is 0 Å². The van der Waals surface area contributed by atoms with Gasteiger partial charge in [-0.2, -0.15) is 4.52 Å². The van der Waals surface area contributed by atoms with E-state index in [2.05, 4.69) is 20.6 Å². The molecule has 4 bridgehead atoms. The van der Waals surface area contributed by atoms with Crippen molar-refractivity contribution in [3.63, 3.8) is 0 Å². The number of hydrogen-bond acceptors (Lipinski definition) is 4. The second kappa shape index (κ2) is 4.85. The number of hydrogen-bond donors (Lipinski definition) is 1. The fraction of sp³-hybridized carbons (Fsp3) is 0.688. The number of nitrogens with zero attached hydrogens (tertiary/aromatic N) is 4. The Labute approximate surface area is 132 Å². The maximum Gasteiger partial charge on any atom is 0.299 e. The Hall–Kier alpha value is -1.79. The lowest BCUT2D eigenvalue weighted by Gasteiger charge is -2.54. The van der Waals surface area contributed by atoms with Crippen LogP contribution in [0.4, 0.5) is 14.6 Å². The average molecular weight is 319 g/mol. The molecule has 7 heteroatoms. The lowest BCUT2D eigenvalue weighted by Crippen LogP contribution is -2.51. The minimum Gasteiger partial charge on any atom is -0.365 e. The quantitative estimate of drug-likeness (QED) is 0.943. The molecule has 5 nitrogen and oxygen atoms in total. The van der Waals surface area contributed by atoms with Gasteiger partial charge in [-0.3, -0.25) is 0 Å². The van der Waals surface area contributed by atoms with E-state index in [1.807, 2.05) is 6.07 Å². The molecule has 0 atom stereocenters. The van der Waals surface area contributed by atoms with Crippen LogP contribution in [0.15, 0.2) is 12.1 Å². The maximum atomic E-state index is 13.0. The zero-order chi connectivity index (χ0) is 15.6. The van der Waals surface area contributed by atoms with Gasteiger partial charge < -0.3 is 5.32 Å². The number of fused-ring (bicyclic) bond motifs is 1. The van der Waals surface area contributed by atoms with Gasteiger partial charge in [0.05, 0.1) is 0 Å². The molecule has 2 aromatic heterocycles. The first-order valence-corrected chi connectivity index (χ1v) is 8.44. The standard InChI is InChI=1S/C16H19F2N5/c17-15(18)16-21-20-13-2-1-12(22-23(13)16)19-14-10-4-8-3-9(6-10)7-11(14)5-8/h1-2,8-11,14-15H,3-7H2,(H,19,22). The Balaban J connectivity index is 1.44. The van der Waals surface area contributed by atoms with Crippen LogP contribution in [0.1, 0.15) is 44.4 Å². The van der Waals surface area contributed by atoms with E-state index in [9.17, 15) is 8.78 Å². The summed E-state index contributed by atoms with van der Waals surface area (Å²) in [6.45, 7) is 0. The minimum atomic E-state index is -2.67. The lowest BCUT2D eigenvalue weighted by atomic mass is 9.54. The topological polar surface area (TPSA) is 55.1 Å². The highest BCUT2D eigenvalue weighted by atomic mass is 19.3. The summed E-state index contributed by atoms with van der Waals surface area (Å²) in [5.41, 5.74) is 0.357. The lowest BCUT2D eigenvalue weighted by molar-refractivity contribution is 0.00738. The smallest absolute Gasteiger partial charge is 0.299 e. The van der Waals surface area contributed by atoms with E-state index in [1.165, 1.54) is 32.1 Å². The molecule has 4 aliphatic rings. The van der Waals surface area contributed by atoms with Crippen molar-refractivity contribution in [2.45, 2.75) is 44.6 Å². The van der Waals surface area contributed by atoms with Gasteiger partial charge in [-0.05, 0) is 67.9 Å². The molecule has 0 amide bonds. The summed E-state index contributed by atoms with van der Waals surface area (Å²) in [7, 11) is 0. The highest BCUT2D eigenvalue weighted by molar-refractivity contribution is 5.45. The molecule has 6 rings (SSSR count). The van der Waals surface area contributed by atoms with Crippen molar-refractivity contribution in [2.75, 3.05) is 5.32 Å². The van der Waals surface area contributed by atoms with Gasteiger partial charge in [0, 0.05) is 6.04 Å². The van der Waals surface area contributed by atoms with Gasteiger partial charge in [-0.25, -0.2) is 8.78 Å². The molecule has 4 saturated carbocycles. The molecule has 4 fully saturated rings. The first-order chi connectivity index (χ1) is 11.2. The maximum absolute atomic E-state index is 13.0. The summed E-state index contributed by atoms with van der Waals surface area (Å²) in [5.74, 6) is 3.49. The average Bonchev–Trinajstić information content (AvgIpc) is 2.93. The predicted molar refractivity (Wildman–Crippen MR) is 80.2 cm³/mol. The Morgan fingerprint density at radius 3 is 2.35 bits per heavy atom. The third-order valence-corrected chi connectivity index (χ3v) is 6.02. The molecule has 0 aliphatic heterocycles. The van der Waals surface area contributed by atoms with E-state index in [-0.39, 0.29) is 0 Å². The minimum absolute atomic E-state index is 0.357. The summed E-state index contributed by atoms with van der Waals surface area (Å²) in [4.78, 5) is 0. The van der Waals surface area contributed by atoms with Crippen molar-refractivity contribution in [3.8, 4) is 0 Å². The van der Waals surface area contributed by atoms with Crippen LogP contribution in [-0.4, -0.2) is 25.9 Å². The van der Waals surface area contributed by atoms with Crippen LogP contribution in [0.3, 0.4) is 0 Å². The molecule has 1 N–H and O–H groups in total. The summed E-state index contributed by atoms with van der Waals surface area (Å²) in [6, 6.07) is 3.95.